The molecule has 178 valence electrons. The Balaban J connectivity index is 1.34. The average Bonchev–Trinajstić information content (AvgIpc) is 2.90. The second kappa shape index (κ2) is 10.5. The van der Waals surface area contributed by atoms with Crippen LogP contribution in [0.1, 0.15) is 15.9 Å². The number of nitrogens with zero attached hydrogens (tertiary/aromatic N) is 2. The highest BCUT2D eigenvalue weighted by molar-refractivity contribution is 6.10. The molecule has 5 rings (SSSR count). The maximum Gasteiger partial charge on any atom is 0.255 e. The minimum absolute atomic E-state index is 0.272. The maximum absolute atomic E-state index is 14.4. The van der Waals surface area contributed by atoms with Crippen LogP contribution in [0.25, 0.3) is 10.8 Å². The fourth-order valence-electron chi connectivity index (χ4n) is 4.24. The number of benzene rings is 3. The van der Waals surface area contributed by atoms with Crippen LogP contribution in [0.4, 0.5) is 15.8 Å². The number of rotatable bonds is 7. The predicted molar refractivity (Wildman–Crippen MR) is 135 cm³/mol. The van der Waals surface area contributed by atoms with Gasteiger partial charge < -0.3 is 19.7 Å². The van der Waals surface area contributed by atoms with Crippen LogP contribution in [0.3, 0.4) is 0 Å². The van der Waals surface area contributed by atoms with Crippen molar-refractivity contribution in [2.45, 2.75) is 6.42 Å². The molecule has 7 heteroatoms. The van der Waals surface area contributed by atoms with Crippen molar-refractivity contribution in [3.05, 3.63) is 96.1 Å². The standard InChI is InChI=1S/C28H26FN3O3/c29-22-17-21(18-23(19-22)32-12-15-34-16-13-32)28(33)31-26-5-6-27(25-4-2-1-3-24(25)26)35-14-9-20-7-10-30-11-8-20/h1-8,10-11,17-19H,9,12-16H2,(H,31,33). The summed E-state index contributed by atoms with van der Waals surface area (Å²) in [6.07, 6.45) is 4.30. The first kappa shape index (κ1) is 22.8. The van der Waals surface area contributed by atoms with Gasteiger partial charge in [-0.15, -0.1) is 0 Å². The molecule has 2 heterocycles. The number of pyridine rings is 1. The van der Waals surface area contributed by atoms with Gasteiger partial charge in [-0.05, 0) is 48.0 Å². The summed E-state index contributed by atoms with van der Waals surface area (Å²) in [5, 5.41) is 4.71. The molecule has 0 aliphatic carbocycles. The van der Waals surface area contributed by atoms with Gasteiger partial charge >= 0.3 is 0 Å². The summed E-state index contributed by atoms with van der Waals surface area (Å²) >= 11 is 0. The minimum atomic E-state index is -0.443. The van der Waals surface area contributed by atoms with E-state index in [2.05, 4.69) is 10.3 Å². The lowest BCUT2D eigenvalue weighted by atomic mass is 10.1. The number of anilines is 2. The number of fused-ring (bicyclic) bond motifs is 1. The zero-order valence-electron chi connectivity index (χ0n) is 19.2. The molecule has 1 aromatic heterocycles. The molecule has 1 aliphatic rings. The number of aromatic nitrogens is 1. The Bertz CT molecular complexity index is 1320. The zero-order chi connectivity index (χ0) is 24.0. The molecule has 1 amide bonds. The van der Waals surface area contributed by atoms with Crippen LogP contribution in [0, 0.1) is 5.82 Å². The van der Waals surface area contributed by atoms with Crippen molar-refractivity contribution in [3.8, 4) is 5.75 Å². The van der Waals surface area contributed by atoms with E-state index in [4.69, 9.17) is 9.47 Å². The maximum atomic E-state index is 14.4. The molecule has 0 saturated carbocycles. The van der Waals surface area contributed by atoms with Crippen LogP contribution in [0.5, 0.6) is 5.75 Å². The van der Waals surface area contributed by atoms with E-state index in [9.17, 15) is 9.18 Å². The van der Waals surface area contributed by atoms with Crippen LogP contribution in [0.15, 0.2) is 79.1 Å². The Morgan fingerprint density at radius 2 is 1.77 bits per heavy atom. The number of ether oxygens (including phenoxy) is 2. The van der Waals surface area contributed by atoms with E-state index < -0.39 is 5.82 Å². The molecule has 0 unspecified atom stereocenters. The molecule has 3 aromatic carbocycles. The first-order valence-electron chi connectivity index (χ1n) is 11.7. The molecule has 1 aliphatic heterocycles. The van der Waals surface area contributed by atoms with Gasteiger partial charge in [0.2, 0.25) is 0 Å². The number of carbonyl (C=O) groups excluding carboxylic acids is 1. The summed E-state index contributed by atoms with van der Waals surface area (Å²) in [4.78, 5) is 19.2. The Morgan fingerprint density at radius 3 is 2.57 bits per heavy atom. The van der Waals surface area contributed by atoms with E-state index >= 15 is 0 Å². The first-order chi connectivity index (χ1) is 17.2. The minimum Gasteiger partial charge on any atom is -0.493 e. The number of nitrogens with one attached hydrogen (secondary N) is 1. The van der Waals surface area contributed by atoms with Crippen molar-refractivity contribution >= 4 is 28.1 Å². The van der Waals surface area contributed by atoms with Gasteiger partial charge in [-0.25, -0.2) is 4.39 Å². The number of hydrogen-bond donors (Lipinski definition) is 1. The second-order valence-electron chi connectivity index (χ2n) is 8.36. The topological polar surface area (TPSA) is 63.7 Å². The summed E-state index contributed by atoms with van der Waals surface area (Å²) in [6, 6.07) is 19.8. The van der Waals surface area contributed by atoms with Crippen molar-refractivity contribution in [3.63, 3.8) is 0 Å². The van der Waals surface area contributed by atoms with Gasteiger partial charge in [0, 0.05) is 59.6 Å². The number of carbonyl (C=O) groups is 1. The molecule has 6 nitrogen and oxygen atoms in total. The van der Waals surface area contributed by atoms with Crippen molar-refractivity contribution in [1.82, 2.24) is 4.98 Å². The third-order valence-electron chi connectivity index (χ3n) is 6.05. The highest BCUT2D eigenvalue weighted by atomic mass is 19.1. The van der Waals surface area contributed by atoms with E-state index in [1.54, 1.807) is 18.5 Å². The van der Waals surface area contributed by atoms with Crippen molar-refractivity contribution in [2.75, 3.05) is 43.1 Å². The lowest BCUT2D eigenvalue weighted by Crippen LogP contribution is -2.36. The smallest absolute Gasteiger partial charge is 0.255 e. The molecular weight excluding hydrogens is 445 g/mol. The summed E-state index contributed by atoms with van der Waals surface area (Å²) in [7, 11) is 0. The fraction of sp³-hybridized carbons (Fsp3) is 0.214. The summed E-state index contributed by atoms with van der Waals surface area (Å²) in [6.45, 7) is 3.02. The number of halogens is 1. The van der Waals surface area contributed by atoms with Gasteiger partial charge in [0.25, 0.3) is 5.91 Å². The monoisotopic (exact) mass is 471 g/mol. The third-order valence-corrected chi connectivity index (χ3v) is 6.05. The molecule has 0 bridgehead atoms. The van der Waals surface area contributed by atoms with Gasteiger partial charge in [0.15, 0.2) is 0 Å². The average molecular weight is 472 g/mol. The van der Waals surface area contributed by atoms with Crippen LogP contribution in [-0.4, -0.2) is 43.8 Å². The van der Waals surface area contributed by atoms with E-state index in [1.807, 2.05) is 53.4 Å². The third kappa shape index (κ3) is 5.41. The molecule has 1 fully saturated rings. The highest BCUT2D eigenvalue weighted by Gasteiger charge is 2.17. The normalized spacial score (nSPS) is 13.6. The molecule has 0 radical (unpaired) electrons. The molecule has 4 aromatic rings. The van der Waals surface area contributed by atoms with Crippen LogP contribution < -0.4 is 15.0 Å². The van der Waals surface area contributed by atoms with Crippen LogP contribution in [0.2, 0.25) is 0 Å². The number of hydrogen-bond acceptors (Lipinski definition) is 5. The Kier molecular flexibility index (Phi) is 6.86. The van der Waals surface area contributed by atoms with Crippen molar-refractivity contribution in [1.29, 1.82) is 0 Å². The SMILES string of the molecule is O=C(Nc1ccc(OCCc2ccncc2)c2ccccc12)c1cc(F)cc(N2CCOCC2)c1. The van der Waals surface area contributed by atoms with Gasteiger partial charge in [0.05, 0.1) is 19.8 Å². The van der Waals surface area contributed by atoms with Gasteiger partial charge in [0.1, 0.15) is 11.6 Å². The lowest BCUT2D eigenvalue weighted by Gasteiger charge is -2.29. The summed E-state index contributed by atoms with van der Waals surface area (Å²) < 4.78 is 25.8. The summed E-state index contributed by atoms with van der Waals surface area (Å²) in [5.74, 6) is -0.0644. The fourth-order valence-corrected chi connectivity index (χ4v) is 4.24. The Morgan fingerprint density at radius 1 is 1.00 bits per heavy atom. The molecule has 0 spiro atoms. The van der Waals surface area contributed by atoms with Crippen LogP contribution >= 0.6 is 0 Å². The van der Waals surface area contributed by atoms with E-state index in [1.165, 1.54) is 12.1 Å². The van der Waals surface area contributed by atoms with Gasteiger partial charge in [-0.1, -0.05) is 24.3 Å². The second-order valence-corrected chi connectivity index (χ2v) is 8.36. The van der Waals surface area contributed by atoms with Gasteiger partial charge in [-0.2, -0.15) is 0 Å². The lowest BCUT2D eigenvalue weighted by molar-refractivity contribution is 0.102. The highest BCUT2D eigenvalue weighted by Crippen LogP contribution is 2.32. The van der Waals surface area contributed by atoms with E-state index in [0.717, 1.165) is 28.5 Å². The van der Waals surface area contributed by atoms with Crippen molar-refractivity contribution in [2.24, 2.45) is 0 Å². The van der Waals surface area contributed by atoms with E-state index in [0.29, 0.717) is 44.3 Å². The molecule has 1 saturated heterocycles. The van der Waals surface area contributed by atoms with E-state index in [-0.39, 0.29) is 11.5 Å². The first-order valence-corrected chi connectivity index (χ1v) is 11.7. The molecule has 1 N–H and O–H groups in total. The molecule has 0 atom stereocenters. The van der Waals surface area contributed by atoms with Gasteiger partial charge in [-0.3, -0.25) is 9.78 Å². The zero-order valence-corrected chi connectivity index (χ0v) is 19.2. The molecule has 35 heavy (non-hydrogen) atoms. The number of morpholine rings is 1. The van der Waals surface area contributed by atoms with Crippen LogP contribution in [-0.2, 0) is 11.2 Å². The predicted octanol–water partition coefficient (Wildman–Crippen LogP) is 5.08. The molecular formula is C28H26FN3O3. The van der Waals surface area contributed by atoms with Crippen molar-refractivity contribution < 1.29 is 18.7 Å². The largest absolute Gasteiger partial charge is 0.493 e. The Labute approximate surface area is 203 Å². The number of amides is 1. The summed E-state index contributed by atoms with van der Waals surface area (Å²) in [5.41, 5.74) is 2.75. The Hall–Kier alpha value is -3.97. The quantitative estimate of drug-likeness (QED) is 0.407.